The Hall–Kier alpha value is -1.76. The lowest BCUT2D eigenvalue weighted by molar-refractivity contribution is -0.140. The number of nitrogens with zero attached hydrogens (tertiary/aromatic N) is 4. The van der Waals surface area contributed by atoms with Gasteiger partial charge in [-0.3, -0.25) is 19.2 Å². The van der Waals surface area contributed by atoms with Crippen molar-refractivity contribution in [2.24, 2.45) is 0 Å². The molecule has 0 radical (unpaired) electrons. The Morgan fingerprint density at radius 2 is 2.28 bits per heavy atom. The highest BCUT2D eigenvalue weighted by atomic mass is 16.2. The van der Waals surface area contributed by atoms with Crippen LogP contribution in [0.2, 0.25) is 0 Å². The van der Waals surface area contributed by atoms with Gasteiger partial charge in [0.25, 0.3) is 0 Å². The average molecular weight is 251 g/mol. The summed E-state index contributed by atoms with van der Waals surface area (Å²) in [4.78, 5) is 25.0. The Bertz CT molecular complexity index is 429. The van der Waals surface area contributed by atoms with Crippen LogP contribution in [0.1, 0.15) is 20.3 Å². The van der Waals surface area contributed by atoms with Crippen molar-refractivity contribution in [3.63, 3.8) is 0 Å². The van der Waals surface area contributed by atoms with Crippen LogP contribution in [0.4, 0.5) is 0 Å². The van der Waals surface area contributed by atoms with Crippen LogP contribution in [0, 0.1) is 0 Å². The van der Waals surface area contributed by atoms with Gasteiger partial charge >= 0.3 is 0 Å². The van der Waals surface area contributed by atoms with Gasteiger partial charge in [0, 0.05) is 18.8 Å². The lowest BCUT2D eigenvalue weighted by Crippen LogP contribution is -2.42. The minimum atomic E-state index is -0.400. The van der Waals surface area contributed by atoms with Gasteiger partial charge in [0.05, 0.1) is 25.2 Å². The normalized spacial score (nSPS) is 20.2. The number of nitrogens with one attached hydrogen (secondary N) is 1. The number of amides is 2. The molecule has 1 aliphatic heterocycles. The van der Waals surface area contributed by atoms with Crippen LogP contribution in [0.25, 0.3) is 0 Å². The maximum atomic E-state index is 12.0. The average Bonchev–Trinajstić information content (AvgIpc) is 2.88. The highest BCUT2D eigenvalue weighted by Gasteiger charge is 2.39. The Morgan fingerprint density at radius 1 is 1.50 bits per heavy atom. The fourth-order valence-electron chi connectivity index (χ4n) is 2.06. The van der Waals surface area contributed by atoms with Crippen LogP contribution >= 0.6 is 0 Å². The van der Waals surface area contributed by atoms with Crippen LogP contribution in [0.15, 0.2) is 12.4 Å². The van der Waals surface area contributed by atoms with Gasteiger partial charge in [-0.1, -0.05) is 5.21 Å². The van der Waals surface area contributed by atoms with Crippen molar-refractivity contribution < 1.29 is 9.59 Å². The van der Waals surface area contributed by atoms with Gasteiger partial charge in [0.1, 0.15) is 0 Å². The van der Waals surface area contributed by atoms with Crippen molar-refractivity contribution in [2.75, 3.05) is 6.54 Å². The van der Waals surface area contributed by atoms with E-state index in [9.17, 15) is 9.59 Å². The SMILES string of the molecule is CC(C)N1C(=O)CC(NCCn2ccnn2)C1=O. The molecule has 0 aromatic carbocycles. The minimum absolute atomic E-state index is 0.0767. The second-order valence-electron chi connectivity index (χ2n) is 4.57. The van der Waals surface area contributed by atoms with E-state index in [0.29, 0.717) is 13.1 Å². The molecular weight excluding hydrogens is 234 g/mol. The van der Waals surface area contributed by atoms with E-state index in [4.69, 9.17) is 0 Å². The van der Waals surface area contributed by atoms with Crippen LogP contribution in [0.3, 0.4) is 0 Å². The number of likely N-dealkylation sites (tertiary alicyclic amines) is 1. The lowest BCUT2D eigenvalue weighted by atomic mass is 10.2. The topological polar surface area (TPSA) is 80.1 Å². The summed E-state index contributed by atoms with van der Waals surface area (Å²) in [5.74, 6) is -0.234. The maximum absolute atomic E-state index is 12.0. The molecule has 1 saturated heterocycles. The quantitative estimate of drug-likeness (QED) is 0.707. The first-order valence-electron chi connectivity index (χ1n) is 6.03. The van der Waals surface area contributed by atoms with E-state index in [1.54, 1.807) is 17.1 Å². The smallest absolute Gasteiger partial charge is 0.247 e. The molecule has 1 atom stereocenters. The summed E-state index contributed by atoms with van der Waals surface area (Å²) in [6, 6.07) is -0.476. The second kappa shape index (κ2) is 5.26. The summed E-state index contributed by atoms with van der Waals surface area (Å²) in [6.45, 7) is 4.89. The first-order chi connectivity index (χ1) is 8.59. The molecule has 2 amide bonds. The summed E-state index contributed by atoms with van der Waals surface area (Å²) in [7, 11) is 0. The van der Waals surface area contributed by atoms with Crippen LogP contribution in [-0.2, 0) is 16.1 Å². The molecule has 18 heavy (non-hydrogen) atoms. The number of carbonyl (C=O) groups excluding carboxylic acids is 2. The molecule has 0 bridgehead atoms. The first-order valence-corrected chi connectivity index (χ1v) is 6.03. The predicted molar refractivity (Wildman–Crippen MR) is 63.4 cm³/mol. The summed E-state index contributed by atoms with van der Waals surface area (Å²) >= 11 is 0. The molecule has 1 aromatic heterocycles. The number of carbonyl (C=O) groups is 2. The van der Waals surface area contributed by atoms with Gasteiger partial charge in [-0.05, 0) is 13.8 Å². The third-order valence-electron chi connectivity index (χ3n) is 2.90. The molecule has 0 saturated carbocycles. The zero-order valence-corrected chi connectivity index (χ0v) is 10.5. The summed E-state index contributed by atoms with van der Waals surface area (Å²) < 4.78 is 1.68. The molecule has 2 heterocycles. The van der Waals surface area contributed by atoms with Crippen molar-refractivity contribution in [1.82, 2.24) is 25.2 Å². The lowest BCUT2D eigenvalue weighted by Gasteiger charge is -2.19. The molecule has 0 aliphatic carbocycles. The van der Waals surface area contributed by atoms with E-state index in [1.165, 1.54) is 4.90 Å². The molecule has 1 N–H and O–H groups in total. The van der Waals surface area contributed by atoms with Gasteiger partial charge in [-0.25, -0.2) is 0 Å². The third-order valence-corrected chi connectivity index (χ3v) is 2.90. The monoisotopic (exact) mass is 251 g/mol. The van der Waals surface area contributed by atoms with E-state index in [2.05, 4.69) is 15.6 Å². The van der Waals surface area contributed by atoms with Gasteiger partial charge < -0.3 is 5.32 Å². The van der Waals surface area contributed by atoms with E-state index < -0.39 is 6.04 Å². The van der Waals surface area contributed by atoms with E-state index in [-0.39, 0.29) is 24.3 Å². The molecule has 2 rings (SSSR count). The number of rotatable bonds is 5. The second-order valence-corrected chi connectivity index (χ2v) is 4.57. The zero-order chi connectivity index (χ0) is 13.1. The van der Waals surface area contributed by atoms with Gasteiger partial charge in [-0.15, -0.1) is 5.10 Å². The minimum Gasteiger partial charge on any atom is -0.304 e. The highest BCUT2D eigenvalue weighted by Crippen LogP contribution is 2.15. The van der Waals surface area contributed by atoms with Gasteiger partial charge in [0.15, 0.2) is 0 Å². The van der Waals surface area contributed by atoms with Gasteiger partial charge in [-0.2, -0.15) is 0 Å². The van der Waals surface area contributed by atoms with Crippen molar-refractivity contribution in [2.45, 2.75) is 38.9 Å². The number of aromatic nitrogens is 3. The number of hydrogen-bond acceptors (Lipinski definition) is 5. The molecule has 1 aromatic rings. The van der Waals surface area contributed by atoms with Crippen LogP contribution < -0.4 is 5.32 Å². The van der Waals surface area contributed by atoms with Crippen molar-refractivity contribution in [3.05, 3.63) is 12.4 Å². The van der Waals surface area contributed by atoms with Crippen molar-refractivity contribution in [1.29, 1.82) is 0 Å². The van der Waals surface area contributed by atoms with Gasteiger partial charge in [0.2, 0.25) is 11.8 Å². The van der Waals surface area contributed by atoms with Crippen LogP contribution in [-0.4, -0.2) is 50.3 Å². The molecule has 1 aliphatic rings. The van der Waals surface area contributed by atoms with Crippen molar-refractivity contribution >= 4 is 11.8 Å². The molecule has 1 unspecified atom stereocenters. The molecule has 7 nitrogen and oxygen atoms in total. The zero-order valence-electron chi connectivity index (χ0n) is 10.5. The standard InChI is InChI=1S/C11H17N5O2/c1-8(2)16-10(17)7-9(11(16)18)12-3-5-15-6-4-13-14-15/h4,6,8-9,12H,3,5,7H2,1-2H3. The largest absolute Gasteiger partial charge is 0.304 e. The Balaban J connectivity index is 1.84. The van der Waals surface area contributed by atoms with Crippen LogP contribution in [0.5, 0.6) is 0 Å². The third kappa shape index (κ3) is 2.56. The molecule has 7 heteroatoms. The predicted octanol–water partition coefficient (Wildman–Crippen LogP) is -0.596. The molecular formula is C11H17N5O2. The number of imide groups is 1. The maximum Gasteiger partial charge on any atom is 0.247 e. The van der Waals surface area contributed by atoms with E-state index >= 15 is 0 Å². The van der Waals surface area contributed by atoms with Crippen molar-refractivity contribution in [3.8, 4) is 0 Å². The number of hydrogen-bond donors (Lipinski definition) is 1. The Morgan fingerprint density at radius 3 is 2.83 bits per heavy atom. The Kier molecular flexibility index (Phi) is 3.71. The first kappa shape index (κ1) is 12.7. The van der Waals surface area contributed by atoms with E-state index in [1.807, 2.05) is 13.8 Å². The molecule has 1 fully saturated rings. The summed E-state index contributed by atoms with van der Waals surface area (Å²) in [5, 5.41) is 10.6. The molecule has 0 spiro atoms. The fourth-order valence-corrected chi connectivity index (χ4v) is 2.06. The molecule has 98 valence electrons. The summed E-state index contributed by atoms with van der Waals surface area (Å²) in [5.41, 5.74) is 0. The fraction of sp³-hybridized carbons (Fsp3) is 0.636. The van der Waals surface area contributed by atoms with E-state index in [0.717, 1.165) is 0 Å². The summed E-state index contributed by atoms with van der Waals surface area (Å²) in [6.07, 6.45) is 3.60. The highest BCUT2D eigenvalue weighted by molar-refractivity contribution is 6.05. The Labute approximate surface area is 105 Å².